The van der Waals surface area contributed by atoms with E-state index in [2.05, 4.69) is 27.7 Å². The molecule has 6 heteroatoms. The predicted octanol–water partition coefficient (Wildman–Crippen LogP) is -0.616. The lowest BCUT2D eigenvalue weighted by atomic mass is 9.97. The highest BCUT2D eigenvalue weighted by molar-refractivity contribution is 5.79. The Labute approximate surface area is 104 Å². The second kappa shape index (κ2) is 8.27. The standard InChI is InChI=1S/C11H25N5O/c1-16-6-3-10(4-7-16)9-14-11(15-12)13-5-8-17-2/h10H,3-9,12H2,1-2H3,(H2,13,14,15). The van der Waals surface area contributed by atoms with Crippen LogP contribution in [0.1, 0.15) is 12.8 Å². The summed E-state index contributed by atoms with van der Waals surface area (Å²) in [6.45, 7) is 4.54. The van der Waals surface area contributed by atoms with Crippen LogP contribution < -0.4 is 16.6 Å². The number of aliphatic imine (C=N–C) groups is 1. The van der Waals surface area contributed by atoms with Crippen molar-refractivity contribution < 1.29 is 4.74 Å². The summed E-state index contributed by atoms with van der Waals surface area (Å²) in [5, 5.41) is 3.10. The maximum atomic E-state index is 5.40. The zero-order chi connectivity index (χ0) is 12.5. The Hall–Kier alpha value is -0.850. The van der Waals surface area contributed by atoms with Crippen molar-refractivity contribution in [3.63, 3.8) is 0 Å². The summed E-state index contributed by atoms with van der Waals surface area (Å²) < 4.78 is 4.95. The lowest BCUT2D eigenvalue weighted by Crippen LogP contribution is -2.43. The topological polar surface area (TPSA) is 74.9 Å². The molecule has 0 saturated carbocycles. The van der Waals surface area contributed by atoms with E-state index in [0.717, 1.165) is 6.54 Å². The summed E-state index contributed by atoms with van der Waals surface area (Å²) in [5.74, 6) is 6.73. The highest BCUT2D eigenvalue weighted by Crippen LogP contribution is 2.15. The van der Waals surface area contributed by atoms with Gasteiger partial charge in [0.05, 0.1) is 6.61 Å². The third-order valence-corrected chi connectivity index (χ3v) is 3.08. The van der Waals surface area contributed by atoms with E-state index in [9.17, 15) is 0 Å². The second-order valence-corrected chi connectivity index (χ2v) is 4.50. The third kappa shape index (κ3) is 5.86. The van der Waals surface area contributed by atoms with Crippen LogP contribution in [0.2, 0.25) is 0 Å². The Bertz CT molecular complexity index is 226. The zero-order valence-corrected chi connectivity index (χ0v) is 10.9. The number of hydrazine groups is 1. The highest BCUT2D eigenvalue weighted by Gasteiger charge is 2.16. The molecule has 0 radical (unpaired) electrons. The van der Waals surface area contributed by atoms with Crippen molar-refractivity contribution in [3.05, 3.63) is 0 Å². The van der Waals surface area contributed by atoms with E-state index in [1.54, 1.807) is 7.11 Å². The molecule has 0 bridgehead atoms. The minimum atomic E-state index is 0.648. The molecule has 6 nitrogen and oxygen atoms in total. The van der Waals surface area contributed by atoms with Crippen LogP contribution >= 0.6 is 0 Å². The number of nitrogens with zero attached hydrogens (tertiary/aromatic N) is 2. The smallest absolute Gasteiger partial charge is 0.205 e. The molecular weight excluding hydrogens is 218 g/mol. The Kier molecular flexibility index (Phi) is 6.91. The van der Waals surface area contributed by atoms with Gasteiger partial charge in [0.25, 0.3) is 0 Å². The van der Waals surface area contributed by atoms with Gasteiger partial charge in [-0.1, -0.05) is 0 Å². The first-order valence-electron chi connectivity index (χ1n) is 6.18. The maximum absolute atomic E-state index is 5.40. The van der Waals surface area contributed by atoms with Crippen molar-refractivity contribution in [1.29, 1.82) is 0 Å². The molecule has 1 rings (SSSR count). The Morgan fingerprint density at radius 2 is 2.18 bits per heavy atom. The van der Waals surface area contributed by atoms with Crippen molar-refractivity contribution >= 4 is 5.96 Å². The van der Waals surface area contributed by atoms with Crippen LogP contribution in [0.4, 0.5) is 0 Å². The van der Waals surface area contributed by atoms with Crippen molar-refractivity contribution in [3.8, 4) is 0 Å². The van der Waals surface area contributed by atoms with E-state index in [1.165, 1.54) is 25.9 Å². The van der Waals surface area contributed by atoms with Gasteiger partial charge in [-0.05, 0) is 38.9 Å². The number of likely N-dealkylation sites (tertiary alicyclic amines) is 1. The molecule has 1 saturated heterocycles. The summed E-state index contributed by atoms with van der Waals surface area (Å²) in [6, 6.07) is 0. The van der Waals surface area contributed by atoms with Crippen LogP contribution in [-0.4, -0.2) is 57.8 Å². The first-order valence-corrected chi connectivity index (χ1v) is 6.18. The molecule has 1 aliphatic rings. The van der Waals surface area contributed by atoms with Crippen LogP contribution in [0.5, 0.6) is 0 Å². The fourth-order valence-electron chi connectivity index (χ4n) is 1.89. The third-order valence-electron chi connectivity index (χ3n) is 3.08. The van der Waals surface area contributed by atoms with Gasteiger partial charge in [0.1, 0.15) is 0 Å². The molecule has 1 heterocycles. The van der Waals surface area contributed by atoms with Crippen LogP contribution in [0.3, 0.4) is 0 Å². The summed E-state index contributed by atoms with van der Waals surface area (Å²) in [7, 11) is 3.84. The van der Waals surface area contributed by atoms with Gasteiger partial charge in [-0.15, -0.1) is 0 Å². The Balaban J connectivity index is 2.23. The minimum absolute atomic E-state index is 0.648. The lowest BCUT2D eigenvalue weighted by molar-refractivity contribution is 0.203. The fourth-order valence-corrected chi connectivity index (χ4v) is 1.89. The molecule has 0 aromatic carbocycles. The van der Waals surface area contributed by atoms with Gasteiger partial charge in [-0.25, -0.2) is 5.84 Å². The molecule has 0 amide bonds. The van der Waals surface area contributed by atoms with E-state index in [1.807, 2.05) is 0 Å². The molecule has 0 aromatic heterocycles. The first kappa shape index (κ1) is 14.2. The maximum Gasteiger partial charge on any atom is 0.205 e. The summed E-state index contributed by atoms with van der Waals surface area (Å²) >= 11 is 0. The number of methoxy groups -OCH3 is 1. The van der Waals surface area contributed by atoms with Crippen molar-refractivity contribution in [1.82, 2.24) is 15.6 Å². The molecule has 1 fully saturated rings. The van der Waals surface area contributed by atoms with E-state index >= 15 is 0 Å². The van der Waals surface area contributed by atoms with E-state index in [4.69, 9.17) is 10.6 Å². The summed E-state index contributed by atoms with van der Waals surface area (Å²) in [5.41, 5.74) is 2.58. The van der Waals surface area contributed by atoms with Crippen molar-refractivity contribution in [2.24, 2.45) is 16.8 Å². The second-order valence-electron chi connectivity index (χ2n) is 4.50. The Morgan fingerprint density at radius 1 is 1.47 bits per heavy atom. The minimum Gasteiger partial charge on any atom is -0.383 e. The molecule has 1 aliphatic heterocycles. The average molecular weight is 243 g/mol. The van der Waals surface area contributed by atoms with Gasteiger partial charge < -0.3 is 15.0 Å². The van der Waals surface area contributed by atoms with Crippen LogP contribution in [0.25, 0.3) is 0 Å². The number of hydrogen-bond donors (Lipinski definition) is 3. The number of guanidine groups is 1. The van der Waals surface area contributed by atoms with Crippen LogP contribution in [0.15, 0.2) is 4.99 Å². The number of hydrogen-bond acceptors (Lipinski definition) is 4. The lowest BCUT2D eigenvalue weighted by Gasteiger charge is -2.27. The van der Waals surface area contributed by atoms with Crippen LogP contribution in [0, 0.1) is 5.92 Å². The van der Waals surface area contributed by atoms with Gasteiger partial charge in [0.2, 0.25) is 5.96 Å². The van der Waals surface area contributed by atoms with Gasteiger partial charge in [0, 0.05) is 20.2 Å². The number of ether oxygens (including phenoxy) is 1. The number of nitrogens with two attached hydrogens (primary N) is 1. The molecule has 0 spiro atoms. The number of piperidine rings is 1. The van der Waals surface area contributed by atoms with E-state index in [-0.39, 0.29) is 0 Å². The first-order chi connectivity index (χ1) is 8.26. The monoisotopic (exact) mass is 243 g/mol. The van der Waals surface area contributed by atoms with Gasteiger partial charge >= 0.3 is 0 Å². The molecule has 4 N–H and O–H groups in total. The SMILES string of the molecule is COCCNC(=NCC1CCN(C)CC1)NN. The molecule has 100 valence electrons. The van der Waals surface area contributed by atoms with Crippen molar-refractivity contribution in [2.75, 3.05) is 46.9 Å². The number of rotatable bonds is 5. The molecular formula is C11H25N5O. The normalized spacial score (nSPS) is 19.4. The Morgan fingerprint density at radius 3 is 2.76 bits per heavy atom. The molecule has 0 atom stereocenters. The summed E-state index contributed by atoms with van der Waals surface area (Å²) in [4.78, 5) is 6.82. The molecule has 0 aliphatic carbocycles. The van der Waals surface area contributed by atoms with Gasteiger partial charge in [-0.2, -0.15) is 0 Å². The zero-order valence-electron chi connectivity index (χ0n) is 10.9. The summed E-state index contributed by atoms with van der Waals surface area (Å²) in [6.07, 6.45) is 2.44. The quantitative estimate of drug-likeness (QED) is 0.197. The fraction of sp³-hybridized carbons (Fsp3) is 0.909. The van der Waals surface area contributed by atoms with E-state index in [0.29, 0.717) is 25.0 Å². The van der Waals surface area contributed by atoms with Crippen LogP contribution in [-0.2, 0) is 4.74 Å². The molecule has 0 unspecified atom stereocenters. The molecule has 17 heavy (non-hydrogen) atoms. The van der Waals surface area contributed by atoms with Gasteiger partial charge in [0.15, 0.2) is 0 Å². The van der Waals surface area contributed by atoms with Gasteiger partial charge in [-0.3, -0.25) is 10.4 Å². The van der Waals surface area contributed by atoms with E-state index < -0.39 is 0 Å². The van der Waals surface area contributed by atoms with Crippen molar-refractivity contribution in [2.45, 2.75) is 12.8 Å². The number of nitrogens with one attached hydrogen (secondary N) is 2. The average Bonchev–Trinajstić information content (AvgIpc) is 2.35. The largest absolute Gasteiger partial charge is 0.383 e. The molecule has 0 aromatic rings. The highest BCUT2D eigenvalue weighted by atomic mass is 16.5. The predicted molar refractivity (Wildman–Crippen MR) is 69.7 cm³/mol.